The van der Waals surface area contributed by atoms with Crippen molar-refractivity contribution in [2.24, 2.45) is 15.7 Å². The third-order valence-electron chi connectivity index (χ3n) is 2.95. The normalized spacial score (nSPS) is 14.5. The summed E-state index contributed by atoms with van der Waals surface area (Å²) in [5.74, 6) is 0.911. The Kier molecular flexibility index (Phi) is 10.9. The van der Waals surface area contributed by atoms with Gasteiger partial charge in [0.15, 0.2) is 28.6 Å². The summed E-state index contributed by atoms with van der Waals surface area (Å²) >= 11 is 0. The van der Waals surface area contributed by atoms with Crippen LogP contribution >= 0.6 is 0 Å². The fraction of sp³-hybridized carbons (Fsp3) is 0.867. The fourth-order valence-corrected chi connectivity index (χ4v) is 12.8. The van der Waals surface area contributed by atoms with Crippen LogP contribution in [0.2, 0.25) is 45.3 Å². The van der Waals surface area contributed by atoms with Crippen molar-refractivity contribution in [1.29, 1.82) is 0 Å². The second-order valence-corrected chi connectivity index (χ2v) is 20.1. The summed E-state index contributed by atoms with van der Waals surface area (Å²) < 4.78 is 19.2. The van der Waals surface area contributed by atoms with E-state index < -0.39 is 25.4 Å². The Balaban J connectivity index is 4.96. The number of aliphatic imine (C=N–C) groups is 2. The lowest BCUT2D eigenvalue weighted by molar-refractivity contribution is 0.168. The number of nitrogens with two attached hydrogens (primary N) is 1. The molecule has 0 amide bonds. The molecule has 0 radical (unpaired) electrons. The summed E-state index contributed by atoms with van der Waals surface area (Å²) in [6, 6.07) is 0.775. The SMILES string of the molecule is CCO[Si](CCCNC(=NC)NC(N)=NC)(O[Si](C)(C)C)O[Si](C)(C)C. The molecular formula is C15H39N5O3Si3. The average molecular weight is 422 g/mol. The molecule has 0 rings (SSSR count). The maximum absolute atomic E-state index is 6.51. The van der Waals surface area contributed by atoms with Crippen LogP contribution in [-0.4, -0.2) is 64.6 Å². The molecule has 0 atom stereocenters. The zero-order chi connectivity index (χ0) is 20.4. The molecule has 0 spiro atoms. The van der Waals surface area contributed by atoms with E-state index in [1.54, 1.807) is 14.1 Å². The molecule has 8 nitrogen and oxygen atoms in total. The molecule has 0 aliphatic heterocycles. The molecule has 154 valence electrons. The lowest BCUT2D eigenvalue weighted by atomic mass is 10.5. The zero-order valence-corrected chi connectivity index (χ0v) is 21.0. The average Bonchev–Trinajstić information content (AvgIpc) is 2.46. The molecule has 0 heterocycles. The van der Waals surface area contributed by atoms with Crippen molar-refractivity contribution < 1.29 is 12.7 Å². The van der Waals surface area contributed by atoms with Crippen LogP contribution in [0.5, 0.6) is 0 Å². The van der Waals surface area contributed by atoms with Gasteiger partial charge in [0.25, 0.3) is 0 Å². The number of nitrogens with zero attached hydrogens (tertiary/aromatic N) is 2. The van der Waals surface area contributed by atoms with Crippen molar-refractivity contribution in [2.45, 2.75) is 58.7 Å². The molecule has 0 bridgehead atoms. The van der Waals surface area contributed by atoms with Gasteiger partial charge in [0, 0.05) is 33.3 Å². The number of guanidine groups is 2. The first-order valence-electron chi connectivity index (χ1n) is 9.10. The van der Waals surface area contributed by atoms with Crippen LogP contribution in [-0.2, 0) is 12.7 Å². The van der Waals surface area contributed by atoms with E-state index in [2.05, 4.69) is 59.9 Å². The summed E-state index contributed by atoms with van der Waals surface area (Å²) in [4.78, 5) is 8.00. The van der Waals surface area contributed by atoms with Crippen LogP contribution in [0.25, 0.3) is 0 Å². The highest BCUT2D eigenvalue weighted by Gasteiger charge is 2.46. The van der Waals surface area contributed by atoms with E-state index >= 15 is 0 Å². The standard InChI is InChI=1S/C15H39N5O3Si3/c1-10-21-26(22-24(4,5)6,23-25(7,8)9)13-11-12-19-15(18-3)20-14(16)17-2/h10-13H2,1-9H3,(H4,16,17,18,19,20). The van der Waals surface area contributed by atoms with Crippen molar-refractivity contribution in [3.8, 4) is 0 Å². The molecule has 11 heteroatoms. The molecule has 0 aliphatic rings. The van der Waals surface area contributed by atoms with E-state index in [4.69, 9.17) is 18.4 Å². The number of rotatable bonds is 10. The highest BCUT2D eigenvalue weighted by molar-refractivity contribution is 6.85. The van der Waals surface area contributed by atoms with Gasteiger partial charge in [0.05, 0.1) is 0 Å². The molecule has 0 aliphatic carbocycles. The van der Waals surface area contributed by atoms with E-state index in [0.717, 1.165) is 12.5 Å². The number of hydrogen-bond acceptors (Lipinski definition) is 5. The summed E-state index contributed by atoms with van der Waals surface area (Å²) in [5, 5.41) is 6.14. The third-order valence-corrected chi connectivity index (χ3v) is 12.0. The zero-order valence-electron chi connectivity index (χ0n) is 18.0. The first kappa shape index (κ1) is 25.3. The molecule has 26 heavy (non-hydrogen) atoms. The first-order valence-corrected chi connectivity index (χ1v) is 17.9. The van der Waals surface area contributed by atoms with Gasteiger partial charge in [-0.1, -0.05) is 0 Å². The quantitative estimate of drug-likeness (QED) is 0.216. The van der Waals surface area contributed by atoms with Crippen LogP contribution in [0.1, 0.15) is 13.3 Å². The lowest BCUT2D eigenvalue weighted by Gasteiger charge is -2.39. The van der Waals surface area contributed by atoms with Gasteiger partial charge in [0.1, 0.15) is 0 Å². The Bertz CT molecular complexity index is 460. The second kappa shape index (κ2) is 11.2. The Labute approximate surface area is 162 Å². The minimum atomic E-state index is -2.71. The van der Waals surface area contributed by atoms with Crippen LogP contribution in [0.4, 0.5) is 0 Å². The van der Waals surface area contributed by atoms with Gasteiger partial charge in [-0.3, -0.25) is 15.3 Å². The van der Waals surface area contributed by atoms with Crippen molar-refractivity contribution in [2.75, 3.05) is 27.2 Å². The Morgan fingerprint density at radius 3 is 1.88 bits per heavy atom. The summed E-state index contributed by atoms with van der Waals surface area (Å²) in [6.07, 6.45) is 0.852. The van der Waals surface area contributed by atoms with Gasteiger partial charge in [-0.2, -0.15) is 0 Å². The van der Waals surface area contributed by atoms with E-state index in [1.165, 1.54) is 0 Å². The lowest BCUT2D eigenvalue weighted by Crippen LogP contribution is -2.57. The molecule has 0 saturated heterocycles. The van der Waals surface area contributed by atoms with Crippen LogP contribution in [0.3, 0.4) is 0 Å². The molecule has 0 aromatic rings. The minimum absolute atomic E-state index is 0.320. The van der Waals surface area contributed by atoms with Crippen molar-refractivity contribution in [1.82, 2.24) is 10.6 Å². The predicted molar refractivity (Wildman–Crippen MR) is 118 cm³/mol. The number of nitrogens with one attached hydrogen (secondary N) is 2. The second-order valence-electron chi connectivity index (χ2n) is 7.88. The van der Waals surface area contributed by atoms with Gasteiger partial charge >= 0.3 is 8.80 Å². The molecule has 0 aromatic heterocycles. The predicted octanol–water partition coefficient (Wildman–Crippen LogP) is 2.16. The Hall–Kier alpha value is -0.729. The smallest absolute Gasteiger partial charge is 0.416 e. The van der Waals surface area contributed by atoms with Crippen LogP contribution < -0.4 is 16.4 Å². The molecule has 0 saturated carbocycles. The van der Waals surface area contributed by atoms with Crippen molar-refractivity contribution in [3.05, 3.63) is 0 Å². The monoisotopic (exact) mass is 421 g/mol. The van der Waals surface area contributed by atoms with Gasteiger partial charge in [-0.25, -0.2) is 0 Å². The minimum Gasteiger partial charge on any atom is -0.416 e. The first-order chi connectivity index (χ1) is 11.9. The summed E-state index contributed by atoms with van der Waals surface area (Å²) in [7, 11) is -2.99. The third kappa shape index (κ3) is 11.8. The maximum atomic E-state index is 6.51. The number of hydrogen-bond donors (Lipinski definition) is 3. The highest BCUT2D eigenvalue weighted by Crippen LogP contribution is 2.26. The van der Waals surface area contributed by atoms with Gasteiger partial charge in [-0.05, 0) is 52.6 Å². The maximum Gasteiger partial charge on any atom is 0.480 e. The summed E-state index contributed by atoms with van der Waals surface area (Å²) in [5.41, 5.74) is 5.68. The summed E-state index contributed by atoms with van der Waals surface area (Å²) in [6.45, 7) is 16.4. The van der Waals surface area contributed by atoms with E-state index in [9.17, 15) is 0 Å². The highest BCUT2D eigenvalue weighted by atomic mass is 28.5. The topological polar surface area (TPSA) is 102 Å². The van der Waals surface area contributed by atoms with Gasteiger partial charge in [-0.15, -0.1) is 0 Å². The Morgan fingerprint density at radius 1 is 0.962 bits per heavy atom. The van der Waals surface area contributed by atoms with E-state index in [1.807, 2.05) is 6.92 Å². The van der Waals surface area contributed by atoms with E-state index in [-0.39, 0.29) is 0 Å². The Morgan fingerprint density at radius 2 is 1.50 bits per heavy atom. The van der Waals surface area contributed by atoms with Gasteiger partial charge < -0.3 is 23.7 Å². The van der Waals surface area contributed by atoms with Crippen molar-refractivity contribution in [3.63, 3.8) is 0 Å². The van der Waals surface area contributed by atoms with Crippen molar-refractivity contribution >= 4 is 37.4 Å². The van der Waals surface area contributed by atoms with Crippen LogP contribution in [0, 0.1) is 0 Å². The molecule has 0 fully saturated rings. The molecule has 0 unspecified atom stereocenters. The van der Waals surface area contributed by atoms with Crippen LogP contribution in [0.15, 0.2) is 9.98 Å². The largest absolute Gasteiger partial charge is 0.480 e. The fourth-order valence-electron chi connectivity index (χ4n) is 2.27. The van der Waals surface area contributed by atoms with Gasteiger partial charge in [0.2, 0.25) is 0 Å². The van der Waals surface area contributed by atoms with E-state index in [0.29, 0.717) is 25.1 Å². The molecular weight excluding hydrogens is 382 g/mol. The molecule has 0 aromatic carbocycles. The molecule has 4 N–H and O–H groups in total.